The van der Waals surface area contributed by atoms with Crippen molar-refractivity contribution in [2.24, 2.45) is 0 Å². The highest BCUT2D eigenvalue weighted by Crippen LogP contribution is 2.20. The number of ether oxygens (including phenoxy) is 1. The summed E-state index contributed by atoms with van der Waals surface area (Å²) in [5, 5.41) is 7.89. The van der Waals surface area contributed by atoms with Crippen LogP contribution in [0.4, 0.5) is 5.69 Å². The predicted molar refractivity (Wildman–Crippen MR) is 108 cm³/mol. The first-order valence-electron chi connectivity index (χ1n) is 9.12. The summed E-state index contributed by atoms with van der Waals surface area (Å²) in [6.45, 7) is 1.05. The van der Waals surface area contributed by atoms with Gasteiger partial charge in [-0.25, -0.2) is 0 Å². The molecule has 9 heteroatoms. The summed E-state index contributed by atoms with van der Waals surface area (Å²) in [6.07, 6.45) is 1.97. The topological polar surface area (TPSA) is 114 Å². The molecule has 8 nitrogen and oxygen atoms in total. The summed E-state index contributed by atoms with van der Waals surface area (Å²) in [5.41, 5.74) is 0.870. The van der Waals surface area contributed by atoms with E-state index in [2.05, 4.69) is 16.0 Å². The third-order valence-electron chi connectivity index (χ3n) is 4.04. The first-order valence-corrected chi connectivity index (χ1v) is 9.93. The van der Waals surface area contributed by atoms with Gasteiger partial charge in [-0.15, -0.1) is 11.3 Å². The van der Waals surface area contributed by atoms with Crippen LogP contribution in [0.2, 0.25) is 0 Å². The van der Waals surface area contributed by atoms with Crippen molar-refractivity contribution in [3.8, 4) is 0 Å². The number of carbonyl (C=O) groups excluding carboxylic acids is 4. The van der Waals surface area contributed by atoms with Crippen molar-refractivity contribution in [1.82, 2.24) is 10.6 Å². The predicted octanol–water partition coefficient (Wildman–Crippen LogP) is 1.86. The van der Waals surface area contributed by atoms with Crippen molar-refractivity contribution < 1.29 is 23.9 Å². The van der Waals surface area contributed by atoms with E-state index < -0.39 is 18.5 Å². The van der Waals surface area contributed by atoms with Crippen molar-refractivity contribution in [3.05, 3.63) is 51.7 Å². The minimum absolute atomic E-state index is 0.188. The molecule has 3 rings (SSSR count). The van der Waals surface area contributed by atoms with Gasteiger partial charge in [0.1, 0.15) is 6.54 Å². The molecule has 1 aromatic heterocycles. The highest BCUT2D eigenvalue weighted by atomic mass is 32.1. The molecule has 1 heterocycles. The fourth-order valence-electron chi connectivity index (χ4n) is 2.42. The zero-order valence-corrected chi connectivity index (χ0v) is 16.6. The van der Waals surface area contributed by atoms with Crippen molar-refractivity contribution in [2.45, 2.75) is 25.8 Å². The van der Waals surface area contributed by atoms with E-state index in [0.29, 0.717) is 16.1 Å². The molecule has 0 atom stereocenters. The molecule has 3 amide bonds. The summed E-state index contributed by atoms with van der Waals surface area (Å²) in [6, 6.07) is 10.2. The van der Waals surface area contributed by atoms with Gasteiger partial charge in [-0.05, 0) is 50.1 Å². The molecular formula is C20H21N3O5S. The van der Waals surface area contributed by atoms with E-state index in [-0.39, 0.29) is 24.4 Å². The molecule has 0 spiro atoms. The highest BCUT2D eigenvalue weighted by Gasteiger charge is 2.23. The maximum absolute atomic E-state index is 12.1. The van der Waals surface area contributed by atoms with Crippen LogP contribution in [-0.2, 0) is 14.3 Å². The lowest BCUT2D eigenvalue weighted by molar-refractivity contribution is -0.146. The van der Waals surface area contributed by atoms with Gasteiger partial charge >= 0.3 is 5.97 Å². The Hall–Kier alpha value is -3.20. The molecule has 0 saturated heterocycles. The quantitative estimate of drug-likeness (QED) is 0.570. The number of esters is 1. The molecule has 3 N–H and O–H groups in total. The van der Waals surface area contributed by atoms with Crippen molar-refractivity contribution in [1.29, 1.82) is 0 Å². The lowest BCUT2D eigenvalue weighted by Gasteiger charge is -2.09. The van der Waals surface area contributed by atoms with E-state index in [1.165, 1.54) is 11.3 Å². The number of nitrogens with one attached hydrogen (secondary N) is 3. The third kappa shape index (κ3) is 6.42. The van der Waals surface area contributed by atoms with Gasteiger partial charge in [0.05, 0.1) is 4.88 Å². The van der Waals surface area contributed by atoms with Crippen LogP contribution in [0.1, 0.15) is 37.7 Å². The van der Waals surface area contributed by atoms with E-state index in [1.54, 1.807) is 30.3 Å². The maximum Gasteiger partial charge on any atom is 0.325 e. The number of benzene rings is 1. The second kappa shape index (κ2) is 9.33. The number of carbonyl (C=O) groups is 4. The van der Waals surface area contributed by atoms with Gasteiger partial charge in [0.15, 0.2) is 6.61 Å². The molecule has 152 valence electrons. The Labute approximate surface area is 171 Å². The third-order valence-corrected chi connectivity index (χ3v) is 5.04. The zero-order chi connectivity index (χ0) is 20.8. The molecular weight excluding hydrogens is 394 g/mol. The Balaban J connectivity index is 1.40. The second-order valence-electron chi connectivity index (χ2n) is 6.63. The van der Waals surface area contributed by atoms with Crippen molar-refractivity contribution >= 4 is 40.7 Å². The maximum atomic E-state index is 12.1. The lowest BCUT2D eigenvalue weighted by atomic mass is 10.2. The highest BCUT2D eigenvalue weighted by molar-refractivity contribution is 7.13. The van der Waals surface area contributed by atoms with Crippen LogP contribution in [0.25, 0.3) is 0 Å². The first kappa shape index (κ1) is 20.5. The van der Waals surface area contributed by atoms with Crippen LogP contribution in [0.15, 0.2) is 36.4 Å². The molecule has 2 aromatic rings. The van der Waals surface area contributed by atoms with Gasteiger partial charge in [-0.3, -0.25) is 19.2 Å². The Bertz CT molecular complexity index is 936. The second-order valence-corrected chi connectivity index (χ2v) is 7.92. The summed E-state index contributed by atoms with van der Waals surface area (Å²) >= 11 is 1.32. The number of aryl methyl sites for hydroxylation is 1. The van der Waals surface area contributed by atoms with Gasteiger partial charge in [-0.1, -0.05) is 6.07 Å². The fourth-order valence-corrected chi connectivity index (χ4v) is 3.21. The van der Waals surface area contributed by atoms with Crippen LogP contribution in [0, 0.1) is 6.92 Å². The van der Waals surface area contributed by atoms with E-state index in [4.69, 9.17) is 4.74 Å². The standard InChI is InChI=1S/C20H21N3O5S/c1-12-5-8-16(29-12)20(27)21-10-18(25)28-11-17(24)22-15-4-2-3-13(9-15)19(26)23-14-6-7-14/h2-5,8-9,14H,6-7,10-11H2,1H3,(H,21,27)(H,22,24)(H,23,26). The molecule has 0 unspecified atom stereocenters. The Morgan fingerprint density at radius 2 is 1.90 bits per heavy atom. The molecule has 1 aliphatic carbocycles. The van der Waals surface area contributed by atoms with Gasteiger partial charge in [0.25, 0.3) is 17.7 Å². The van der Waals surface area contributed by atoms with Crippen LogP contribution in [0.3, 0.4) is 0 Å². The summed E-state index contributed by atoms with van der Waals surface area (Å²) in [5.74, 6) is -1.82. The molecule has 1 saturated carbocycles. The SMILES string of the molecule is Cc1ccc(C(=O)NCC(=O)OCC(=O)Nc2cccc(C(=O)NC3CC3)c2)s1. The zero-order valence-electron chi connectivity index (χ0n) is 15.8. The largest absolute Gasteiger partial charge is 0.454 e. The molecule has 1 aliphatic rings. The van der Waals surface area contributed by atoms with Gasteiger partial charge in [0.2, 0.25) is 0 Å². The first-order chi connectivity index (χ1) is 13.9. The van der Waals surface area contributed by atoms with Crippen molar-refractivity contribution in [3.63, 3.8) is 0 Å². The molecule has 0 bridgehead atoms. The fraction of sp³-hybridized carbons (Fsp3) is 0.300. The normalized spacial score (nSPS) is 12.7. The van der Waals surface area contributed by atoms with E-state index in [1.807, 2.05) is 13.0 Å². The summed E-state index contributed by atoms with van der Waals surface area (Å²) in [4.78, 5) is 49.1. The number of amides is 3. The van der Waals surface area contributed by atoms with Gasteiger partial charge in [0, 0.05) is 22.2 Å². The summed E-state index contributed by atoms with van der Waals surface area (Å²) in [7, 11) is 0. The van der Waals surface area contributed by atoms with Crippen LogP contribution < -0.4 is 16.0 Å². The summed E-state index contributed by atoms with van der Waals surface area (Å²) < 4.78 is 4.86. The Kier molecular flexibility index (Phi) is 6.61. The molecule has 1 fully saturated rings. The molecule has 0 radical (unpaired) electrons. The van der Waals surface area contributed by atoms with Crippen LogP contribution >= 0.6 is 11.3 Å². The van der Waals surface area contributed by atoms with E-state index >= 15 is 0 Å². The molecule has 29 heavy (non-hydrogen) atoms. The number of rotatable bonds is 8. The van der Waals surface area contributed by atoms with Gasteiger partial charge < -0.3 is 20.7 Å². The minimum Gasteiger partial charge on any atom is -0.454 e. The number of hydrogen-bond acceptors (Lipinski definition) is 6. The number of hydrogen-bond donors (Lipinski definition) is 3. The smallest absolute Gasteiger partial charge is 0.325 e. The van der Waals surface area contributed by atoms with Crippen LogP contribution in [-0.4, -0.2) is 42.9 Å². The average Bonchev–Trinajstić information content (AvgIpc) is 3.41. The number of anilines is 1. The van der Waals surface area contributed by atoms with Gasteiger partial charge in [-0.2, -0.15) is 0 Å². The Morgan fingerprint density at radius 1 is 1.10 bits per heavy atom. The van der Waals surface area contributed by atoms with Crippen LogP contribution in [0.5, 0.6) is 0 Å². The van der Waals surface area contributed by atoms with E-state index in [0.717, 1.165) is 17.7 Å². The monoisotopic (exact) mass is 415 g/mol. The number of thiophene rings is 1. The lowest BCUT2D eigenvalue weighted by Crippen LogP contribution is -2.31. The Morgan fingerprint density at radius 3 is 2.59 bits per heavy atom. The molecule has 0 aliphatic heterocycles. The van der Waals surface area contributed by atoms with E-state index in [9.17, 15) is 19.2 Å². The molecule has 1 aromatic carbocycles. The van der Waals surface area contributed by atoms with Crippen molar-refractivity contribution in [2.75, 3.05) is 18.5 Å². The minimum atomic E-state index is -0.723. The average molecular weight is 415 g/mol.